The van der Waals surface area contributed by atoms with Gasteiger partial charge in [-0.25, -0.2) is 0 Å². The molecule has 2 N–H and O–H groups in total. The van der Waals surface area contributed by atoms with Crippen molar-refractivity contribution in [3.63, 3.8) is 0 Å². The Hall–Kier alpha value is -4.83. The molecule has 4 unspecified atom stereocenters. The van der Waals surface area contributed by atoms with E-state index in [1.54, 1.807) is 36.4 Å². The molecule has 2 fully saturated rings. The van der Waals surface area contributed by atoms with E-state index in [9.17, 15) is 29.6 Å². The molecule has 0 saturated carbocycles. The molecule has 0 radical (unpaired) electrons. The van der Waals surface area contributed by atoms with Gasteiger partial charge >= 0.3 is 5.97 Å². The van der Waals surface area contributed by atoms with Gasteiger partial charge in [0.25, 0.3) is 5.69 Å². The van der Waals surface area contributed by atoms with Crippen LogP contribution in [-0.4, -0.2) is 51.9 Å². The van der Waals surface area contributed by atoms with Gasteiger partial charge in [-0.1, -0.05) is 72.8 Å². The molecular formula is C30H27N3O7. The zero-order valence-corrected chi connectivity index (χ0v) is 21.6. The predicted octanol–water partition coefficient (Wildman–Crippen LogP) is 3.63. The number of hydrogen-bond donors (Lipinski definition) is 2. The molecule has 0 spiro atoms. The summed E-state index contributed by atoms with van der Waals surface area (Å²) in [5.74, 6) is -4.10. The van der Waals surface area contributed by atoms with E-state index < -0.39 is 46.1 Å². The topological polar surface area (TPSA) is 139 Å². The van der Waals surface area contributed by atoms with Crippen LogP contribution in [0.1, 0.15) is 22.7 Å². The maximum atomic E-state index is 13.9. The second-order valence-electron chi connectivity index (χ2n) is 9.84. The lowest BCUT2D eigenvalue weighted by Crippen LogP contribution is -2.57. The Bertz CT molecular complexity index is 1490. The molecule has 2 heterocycles. The van der Waals surface area contributed by atoms with Crippen molar-refractivity contribution in [2.24, 2.45) is 11.8 Å². The lowest BCUT2D eigenvalue weighted by atomic mass is 9.76. The quantitative estimate of drug-likeness (QED) is 0.238. The van der Waals surface area contributed by atoms with Crippen LogP contribution in [0, 0.1) is 22.0 Å². The van der Waals surface area contributed by atoms with Crippen molar-refractivity contribution in [1.82, 2.24) is 10.2 Å². The highest BCUT2D eigenvalue weighted by atomic mass is 16.6. The number of hydrogen-bond acceptors (Lipinski definition) is 7. The maximum Gasteiger partial charge on any atom is 0.325 e. The van der Waals surface area contributed by atoms with Crippen LogP contribution in [0.5, 0.6) is 5.75 Å². The number of methoxy groups -OCH3 is 1. The van der Waals surface area contributed by atoms with Gasteiger partial charge in [0.05, 0.1) is 23.9 Å². The number of aliphatic carboxylic acids is 1. The third-order valence-electron chi connectivity index (χ3n) is 7.63. The van der Waals surface area contributed by atoms with E-state index in [1.165, 1.54) is 31.4 Å². The lowest BCUT2D eigenvalue weighted by Gasteiger charge is -2.31. The Morgan fingerprint density at radius 3 is 2.38 bits per heavy atom. The summed E-state index contributed by atoms with van der Waals surface area (Å²) in [6.07, 6.45) is 3.34. The number of carbonyl (C=O) groups is 3. The van der Waals surface area contributed by atoms with Gasteiger partial charge in [0.1, 0.15) is 11.3 Å². The van der Waals surface area contributed by atoms with Crippen molar-refractivity contribution < 1.29 is 29.2 Å². The summed E-state index contributed by atoms with van der Waals surface area (Å²) in [6.45, 7) is -0.00850. The monoisotopic (exact) mass is 541 g/mol. The summed E-state index contributed by atoms with van der Waals surface area (Å²) in [4.78, 5) is 52.4. The minimum atomic E-state index is -1.85. The molecular weight excluding hydrogens is 514 g/mol. The zero-order valence-electron chi connectivity index (χ0n) is 21.6. The van der Waals surface area contributed by atoms with Crippen molar-refractivity contribution in [2.45, 2.75) is 18.0 Å². The Labute approximate surface area is 230 Å². The van der Waals surface area contributed by atoms with Crippen LogP contribution in [-0.2, 0) is 20.8 Å². The number of imide groups is 1. The molecule has 3 aromatic carbocycles. The average Bonchev–Trinajstić information content (AvgIpc) is 3.43. The van der Waals surface area contributed by atoms with E-state index in [0.29, 0.717) is 16.9 Å². The average molecular weight is 542 g/mol. The summed E-state index contributed by atoms with van der Waals surface area (Å²) in [5.41, 5.74) is -0.0526. The molecule has 2 saturated heterocycles. The number of carboxylic acid groups (broad SMARTS) is 1. The number of likely N-dealkylation sites (tertiary alicyclic amines) is 1. The molecule has 204 valence electrons. The molecule has 3 aromatic rings. The number of benzene rings is 3. The molecule has 40 heavy (non-hydrogen) atoms. The molecule has 2 aliphatic rings. The van der Waals surface area contributed by atoms with Gasteiger partial charge in [0.15, 0.2) is 0 Å². The summed E-state index contributed by atoms with van der Waals surface area (Å²) in [6, 6.07) is 21.1. The smallest absolute Gasteiger partial charge is 0.325 e. The van der Waals surface area contributed by atoms with Gasteiger partial charge in [-0.15, -0.1) is 0 Å². The highest BCUT2D eigenvalue weighted by molar-refractivity contribution is 6.09. The molecule has 0 bridgehead atoms. The highest BCUT2D eigenvalue weighted by Gasteiger charge is 2.68. The second-order valence-corrected chi connectivity index (χ2v) is 9.84. The van der Waals surface area contributed by atoms with Gasteiger partial charge < -0.3 is 9.84 Å². The minimum absolute atomic E-state index is 0.00850. The van der Waals surface area contributed by atoms with Crippen molar-refractivity contribution in [3.8, 4) is 5.75 Å². The number of amides is 2. The number of nitrogens with one attached hydrogen (secondary N) is 1. The van der Waals surface area contributed by atoms with Gasteiger partial charge in [-0.2, -0.15) is 0 Å². The Kier molecular flexibility index (Phi) is 7.19. The van der Waals surface area contributed by atoms with Crippen LogP contribution in [0.15, 0.2) is 84.9 Å². The maximum absolute atomic E-state index is 13.9. The fraction of sp³-hybridized carbons (Fsp3) is 0.233. The third kappa shape index (κ3) is 4.62. The number of nitrogens with zero attached hydrogens (tertiary/aromatic N) is 2. The second kappa shape index (κ2) is 10.7. The fourth-order valence-electron chi connectivity index (χ4n) is 5.78. The number of para-hydroxylation sites is 1. The number of non-ortho nitro benzene ring substituents is 1. The van der Waals surface area contributed by atoms with Gasteiger partial charge in [0.2, 0.25) is 11.8 Å². The van der Waals surface area contributed by atoms with Crippen LogP contribution in [0.2, 0.25) is 0 Å². The van der Waals surface area contributed by atoms with Gasteiger partial charge in [0, 0.05) is 36.7 Å². The number of rotatable bonds is 9. The SMILES string of the molecule is COc1ccccc1C1NC(Cc2ccc([N+](=O)[O-])cc2)(C(=O)O)C2C(=O)N(CC=Cc3ccccc3)C(=O)C12. The molecule has 4 atom stereocenters. The highest BCUT2D eigenvalue weighted by Crippen LogP contribution is 2.51. The minimum Gasteiger partial charge on any atom is -0.496 e. The molecule has 0 aromatic heterocycles. The first-order valence-corrected chi connectivity index (χ1v) is 12.7. The summed E-state index contributed by atoms with van der Waals surface area (Å²) in [5, 5.41) is 24.9. The van der Waals surface area contributed by atoms with Crippen molar-refractivity contribution in [2.75, 3.05) is 13.7 Å². The van der Waals surface area contributed by atoms with E-state index in [1.807, 2.05) is 30.3 Å². The van der Waals surface area contributed by atoms with Crippen molar-refractivity contribution in [1.29, 1.82) is 0 Å². The van der Waals surface area contributed by atoms with Gasteiger partial charge in [-0.3, -0.25) is 34.7 Å². The number of carboxylic acids is 1. The summed E-state index contributed by atoms with van der Waals surface area (Å²) < 4.78 is 5.52. The lowest BCUT2D eigenvalue weighted by molar-refractivity contribution is -0.384. The number of fused-ring (bicyclic) bond motifs is 1. The molecule has 5 rings (SSSR count). The normalized spacial score (nSPS) is 23.9. The number of nitro groups is 1. The molecule has 2 aliphatic heterocycles. The molecule has 2 amide bonds. The number of nitro benzene ring substituents is 1. The van der Waals surface area contributed by atoms with E-state index in [0.717, 1.165) is 10.5 Å². The van der Waals surface area contributed by atoms with Crippen molar-refractivity contribution in [3.05, 3.63) is 112 Å². The molecule has 0 aliphatic carbocycles. The third-order valence-corrected chi connectivity index (χ3v) is 7.63. The van der Waals surface area contributed by atoms with Crippen LogP contribution < -0.4 is 10.1 Å². The molecule has 10 nitrogen and oxygen atoms in total. The standard InChI is InChI=1S/C30H27N3O7/c1-40-23-12-6-5-11-22(23)26-24-25(28(35)32(27(24)34)17-7-10-19-8-3-2-4-9-19)30(31-26,29(36)37)18-20-13-15-21(16-14-20)33(38)39/h2-16,24-26,31H,17-18H2,1H3,(H,36,37). The zero-order chi connectivity index (χ0) is 28.4. The van der Waals surface area contributed by atoms with Crippen molar-refractivity contribution >= 4 is 29.5 Å². The first-order chi connectivity index (χ1) is 19.3. The van der Waals surface area contributed by atoms with Crippen LogP contribution >= 0.6 is 0 Å². The fourth-order valence-corrected chi connectivity index (χ4v) is 5.78. The van der Waals surface area contributed by atoms with Crippen LogP contribution in [0.25, 0.3) is 6.08 Å². The number of ether oxygens (including phenoxy) is 1. The summed E-state index contributed by atoms with van der Waals surface area (Å²) >= 11 is 0. The Balaban J connectivity index is 1.55. The number of carbonyl (C=O) groups excluding carboxylic acids is 2. The Morgan fingerprint density at radius 1 is 1.05 bits per heavy atom. The van der Waals surface area contributed by atoms with E-state index in [4.69, 9.17) is 4.74 Å². The van der Waals surface area contributed by atoms with Crippen LogP contribution in [0.3, 0.4) is 0 Å². The summed E-state index contributed by atoms with van der Waals surface area (Å²) in [7, 11) is 1.48. The van der Waals surface area contributed by atoms with Crippen LogP contribution in [0.4, 0.5) is 5.69 Å². The first kappa shape index (κ1) is 26.8. The van der Waals surface area contributed by atoms with E-state index >= 15 is 0 Å². The van der Waals surface area contributed by atoms with E-state index in [-0.39, 0.29) is 18.7 Å². The molecule has 10 heteroatoms. The Morgan fingerprint density at radius 2 is 1.73 bits per heavy atom. The first-order valence-electron chi connectivity index (χ1n) is 12.7. The predicted molar refractivity (Wildman–Crippen MR) is 145 cm³/mol. The van der Waals surface area contributed by atoms with E-state index in [2.05, 4.69) is 5.32 Å². The van der Waals surface area contributed by atoms with Gasteiger partial charge in [-0.05, 0) is 17.2 Å². The largest absolute Gasteiger partial charge is 0.496 e.